The van der Waals surface area contributed by atoms with Gasteiger partial charge in [-0.3, -0.25) is 0 Å². The summed E-state index contributed by atoms with van der Waals surface area (Å²) in [5.41, 5.74) is 2.31. The molecule has 0 bridgehead atoms. The number of ether oxygens (including phenoxy) is 1. The second kappa shape index (κ2) is 3.62. The van der Waals surface area contributed by atoms with E-state index in [9.17, 15) is 5.11 Å². The van der Waals surface area contributed by atoms with Crippen LogP contribution in [0.1, 0.15) is 42.9 Å². The minimum Gasteiger partial charge on any atom is -0.497 e. The summed E-state index contributed by atoms with van der Waals surface area (Å²) >= 11 is 0. The number of hydrogen-bond acceptors (Lipinski definition) is 2. The van der Waals surface area contributed by atoms with Crippen LogP contribution in [-0.2, 0) is 0 Å². The molecule has 2 nitrogen and oxygen atoms in total. The standard InChI is InChI=1S/C12H16O2/c1-8-3-6-12(13)11-7-9(14-2)4-5-10(8)11/h4-5,7-8,12-13H,3,6H2,1-2H3/t8?,12-/m1/s1. The molecular formula is C12H16O2. The molecule has 0 aromatic heterocycles. The smallest absolute Gasteiger partial charge is 0.119 e. The largest absolute Gasteiger partial charge is 0.497 e. The molecule has 76 valence electrons. The maximum atomic E-state index is 9.84. The van der Waals surface area contributed by atoms with Gasteiger partial charge in [-0.25, -0.2) is 0 Å². The molecule has 0 aliphatic heterocycles. The summed E-state index contributed by atoms with van der Waals surface area (Å²) in [5.74, 6) is 1.39. The van der Waals surface area contributed by atoms with Crippen LogP contribution in [0.15, 0.2) is 18.2 Å². The molecule has 0 radical (unpaired) electrons. The van der Waals surface area contributed by atoms with Gasteiger partial charge in [0.05, 0.1) is 13.2 Å². The predicted octanol–water partition coefficient (Wildman–Crippen LogP) is 2.63. The van der Waals surface area contributed by atoms with Crippen LogP contribution in [0.25, 0.3) is 0 Å². The summed E-state index contributed by atoms with van der Waals surface area (Å²) in [6, 6.07) is 5.99. The molecule has 14 heavy (non-hydrogen) atoms. The van der Waals surface area contributed by atoms with Gasteiger partial charge in [0.2, 0.25) is 0 Å². The van der Waals surface area contributed by atoms with Crippen LogP contribution in [0.4, 0.5) is 0 Å². The van der Waals surface area contributed by atoms with Crippen LogP contribution < -0.4 is 4.74 Å². The van der Waals surface area contributed by atoms with Crippen LogP contribution in [0, 0.1) is 0 Å². The van der Waals surface area contributed by atoms with Crippen LogP contribution in [0.5, 0.6) is 5.75 Å². The summed E-state index contributed by atoms with van der Waals surface area (Å²) in [6.45, 7) is 2.21. The Kier molecular flexibility index (Phi) is 2.46. The average molecular weight is 192 g/mol. The molecule has 1 unspecified atom stereocenters. The lowest BCUT2D eigenvalue weighted by Crippen LogP contribution is -2.12. The summed E-state index contributed by atoms with van der Waals surface area (Å²) < 4.78 is 5.15. The Morgan fingerprint density at radius 3 is 2.79 bits per heavy atom. The SMILES string of the molecule is COc1ccc2c(c1)[C@H](O)CCC2C. The Hall–Kier alpha value is -1.02. The first-order valence-corrected chi connectivity index (χ1v) is 5.08. The van der Waals surface area contributed by atoms with Gasteiger partial charge in [0.1, 0.15) is 5.75 Å². The fourth-order valence-electron chi connectivity index (χ4n) is 2.14. The van der Waals surface area contributed by atoms with Gasteiger partial charge in [-0.2, -0.15) is 0 Å². The van der Waals surface area contributed by atoms with Crippen molar-refractivity contribution in [3.8, 4) is 5.75 Å². The van der Waals surface area contributed by atoms with E-state index in [0.29, 0.717) is 5.92 Å². The van der Waals surface area contributed by atoms with Crippen molar-refractivity contribution in [2.24, 2.45) is 0 Å². The maximum absolute atomic E-state index is 9.84. The van der Waals surface area contributed by atoms with Gasteiger partial charge >= 0.3 is 0 Å². The molecule has 2 atom stereocenters. The highest BCUT2D eigenvalue weighted by Gasteiger charge is 2.23. The van der Waals surface area contributed by atoms with E-state index in [1.165, 1.54) is 5.56 Å². The van der Waals surface area contributed by atoms with Crippen molar-refractivity contribution in [1.29, 1.82) is 0 Å². The molecule has 1 aromatic carbocycles. The number of rotatable bonds is 1. The molecule has 0 saturated carbocycles. The molecule has 2 rings (SSSR count). The number of benzene rings is 1. The van der Waals surface area contributed by atoms with Crippen LogP contribution >= 0.6 is 0 Å². The first kappa shape index (κ1) is 9.53. The molecule has 0 fully saturated rings. The second-order valence-corrected chi connectivity index (χ2v) is 3.99. The van der Waals surface area contributed by atoms with Crippen LogP contribution in [0.3, 0.4) is 0 Å². The number of aliphatic hydroxyl groups excluding tert-OH is 1. The molecule has 1 aromatic rings. The highest BCUT2D eigenvalue weighted by atomic mass is 16.5. The zero-order valence-corrected chi connectivity index (χ0v) is 8.66. The van der Waals surface area contributed by atoms with E-state index in [1.807, 2.05) is 12.1 Å². The summed E-state index contributed by atoms with van der Waals surface area (Å²) in [6.07, 6.45) is 1.62. The molecule has 0 saturated heterocycles. The van der Waals surface area contributed by atoms with E-state index in [2.05, 4.69) is 13.0 Å². The summed E-state index contributed by atoms with van der Waals surface area (Å²) in [7, 11) is 1.65. The van der Waals surface area contributed by atoms with Crippen LogP contribution in [-0.4, -0.2) is 12.2 Å². The van der Waals surface area contributed by atoms with E-state index in [-0.39, 0.29) is 6.10 Å². The first-order chi connectivity index (χ1) is 6.72. The van der Waals surface area contributed by atoms with E-state index in [4.69, 9.17) is 4.74 Å². The third-order valence-electron chi connectivity index (χ3n) is 3.06. The Morgan fingerprint density at radius 1 is 1.29 bits per heavy atom. The minimum absolute atomic E-state index is 0.309. The molecular weight excluding hydrogens is 176 g/mol. The minimum atomic E-state index is -0.309. The molecule has 0 amide bonds. The van der Waals surface area contributed by atoms with Gasteiger partial charge in [0.25, 0.3) is 0 Å². The lowest BCUT2D eigenvalue weighted by molar-refractivity contribution is 0.151. The van der Waals surface area contributed by atoms with Gasteiger partial charge in [0, 0.05) is 0 Å². The van der Waals surface area contributed by atoms with Crippen molar-refractivity contribution < 1.29 is 9.84 Å². The predicted molar refractivity (Wildman–Crippen MR) is 55.6 cm³/mol. The fraction of sp³-hybridized carbons (Fsp3) is 0.500. The highest BCUT2D eigenvalue weighted by molar-refractivity contribution is 5.40. The number of aliphatic hydroxyl groups is 1. The molecule has 1 N–H and O–H groups in total. The van der Waals surface area contributed by atoms with Crippen molar-refractivity contribution in [2.45, 2.75) is 31.8 Å². The van der Waals surface area contributed by atoms with Crippen molar-refractivity contribution >= 4 is 0 Å². The van der Waals surface area contributed by atoms with Crippen molar-refractivity contribution in [2.75, 3.05) is 7.11 Å². The second-order valence-electron chi connectivity index (χ2n) is 3.99. The Morgan fingerprint density at radius 2 is 2.07 bits per heavy atom. The Labute approximate surface area is 84.5 Å². The van der Waals surface area contributed by atoms with Gasteiger partial charge in [-0.15, -0.1) is 0 Å². The van der Waals surface area contributed by atoms with Gasteiger partial charge in [-0.05, 0) is 42.0 Å². The zero-order chi connectivity index (χ0) is 10.1. The van der Waals surface area contributed by atoms with Gasteiger partial charge in [0.15, 0.2) is 0 Å². The summed E-state index contributed by atoms with van der Waals surface area (Å²) in [4.78, 5) is 0. The topological polar surface area (TPSA) is 29.5 Å². The molecule has 2 heteroatoms. The van der Waals surface area contributed by atoms with E-state index < -0.39 is 0 Å². The van der Waals surface area contributed by atoms with Crippen molar-refractivity contribution in [3.63, 3.8) is 0 Å². The molecule has 1 aliphatic carbocycles. The lowest BCUT2D eigenvalue weighted by Gasteiger charge is -2.26. The van der Waals surface area contributed by atoms with E-state index in [0.717, 1.165) is 24.2 Å². The molecule has 0 spiro atoms. The highest BCUT2D eigenvalue weighted by Crippen LogP contribution is 2.38. The monoisotopic (exact) mass is 192 g/mol. The molecule has 0 heterocycles. The maximum Gasteiger partial charge on any atom is 0.119 e. The Bertz CT molecular complexity index is 333. The number of methoxy groups -OCH3 is 1. The third-order valence-corrected chi connectivity index (χ3v) is 3.06. The number of hydrogen-bond donors (Lipinski definition) is 1. The lowest BCUT2D eigenvalue weighted by atomic mass is 9.82. The normalized spacial score (nSPS) is 25.6. The zero-order valence-electron chi connectivity index (χ0n) is 8.66. The van der Waals surface area contributed by atoms with Gasteiger partial charge in [-0.1, -0.05) is 13.0 Å². The first-order valence-electron chi connectivity index (χ1n) is 5.08. The van der Waals surface area contributed by atoms with E-state index >= 15 is 0 Å². The van der Waals surface area contributed by atoms with E-state index in [1.54, 1.807) is 7.11 Å². The van der Waals surface area contributed by atoms with Crippen molar-refractivity contribution in [1.82, 2.24) is 0 Å². The Balaban J connectivity index is 2.45. The summed E-state index contributed by atoms with van der Waals surface area (Å²) in [5, 5.41) is 9.84. The number of fused-ring (bicyclic) bond motifs is 1. The molecule has 1 aliphatic rings. The van der Waals surface area contributed by atoms with Crippen molar-refractivity contribution in [3.05, 3.63) is 29.3 Å². The average Bonchev–Trinajstić information content (AvgIpc) is 2.23. The fourth-order valence-corrected chi connectivity index (χ4v) is 2.14. The van der Waals surface area contributed by atoms with Crippen LogP contribution in [0.2, 0.25) is 0 Å². The van der Waals surface area contributed by atoms with Gasteiger partial charge < -0.3 is 9.84 Å². The quantitative estimate of drug-likeness (QED) is 0.741. The third kappa shape index (κ3) is 1.50.